The highest BCUT2D eigenvalue weighted by Crippen LogP contribution is 2.31. The van der Waals surface area contributed by atoms with Gasteiger partial charge in [-0.25, -0.2) is 0 Å². The predicted octanol–water partition coefficient (Wildman–Crippen LogP) is 5.05. The number of hydrogen-bond donors (Lipinski definition) is 1. The fourth-order valence-electron chi connectivity index (χ4n) is 2.86. The third-order valence-electron chi connectivity index (χ3n) is 4.29. The van der Waals surface area contributed by atoms with Crippen molar-refractivity contribution in [2.45, 2.75) is 32.7 Å². The molecule has 0 fully saturated rings. The quantitative estimate of drug-likeness (QED) is 0.662. The van der Waals surface area contributed by atoms with Crippen molar-refractivity contribution in [1.29, 1.82) is 0 Å². The van der Waals surface area contributed by atoms with Crippen molar-refractivity contribution in [2.75, 3.05) is 0 Å². The molecule has 0 aliphatic rings. The summed E-state index contributed by atoms with van der Waals surface area (Å²) in [6.45, 7) is 3.76. The molecule has 1 unspecified atom stereocenters. The van der Waals surface area contributed by atoms with Crippen LogP contribution >= 0.6 is 11.6 Å². The summed E-state index contributed by atoms with van der Waals surface area (Å²) >= 11 is 6.25. The van der Waals surface area contributed by atoms with Gasteiger partial charge in [-0.2, -0.15) is 0 Å². The number of rotatable bonds is 6. The Labute approximate surface area is 158 Å². The molecule has 1 aromatic heterocycles. The number of aryl methyl sites for hydroxylation is 2. The third-order valence-corrected chi connectivity index (χ3v) is 4.62. The average Bonchev–Trinajstić information content (AvgIpc) is 3.02. The molecule has 0 aliphatic heterocycles. The number of aromatic nitrogens is 1. The Morgan fingerprint density at radius 2 is 1.85 bits per heavy atom. The lowest BCUT2D eigenvalue weighted by molar-refractivity contribution is 0.0938. The van der Waals surface area contributed by atoms with Crippen molar-refractivity contribution in [1.82, 2.24) is 10.5 Å². The van der Waals surface area contributed by atoms with Crippen LogP contribution < -0.4 is 5.32 Å². The van der Waals surface area contributed by atoms with E-state index < -0.39 is 0 Å². The van der Waals surface area contributed by atoms with Gasteiger partial charge < -0.3 is 9.84 Å². The Morgan fingerprint density at radius 1 is 1.15 bits per heavy atom. The summed E-state index contributed by atoms with van der Waals surface area (Å²) in [5, 5.41) is 7.53. The van der Waals surface area contributed by atoms with Crippen LogP contribution in [0, 0.1) is 6.92 Å². The molecule has 2 aromatic carbocycles. The number of carbonyl (C=O) groups excluding carboxylic acids is 1. The van der Waals surface area contributed by atoms with Crippen molar-refractivity contribution >= 4 is 17.5 Å². The van der Waals surface area contributed by atoms with E-state index in [0.29, 0.717) is 27.6 Å². The van der Waals surface area contributed by atoms with Crippen LogP contribution in [0.4, 0.5) is 0 Å². The summed E-state index contributed by atoms with van der Waals surface area (Å²) in [5.41, 5.74) is 2.90. The highest BCUT2D eigenvalue weighted by atomic mass is 35.5. The van der Waals surface area contributed by atoms with E-state index in [1.54, 1.807) is 13.0 Å². The van der Waals surface area contributed by atoms with E-state index >= 15 is 0 Å². The first-order valence-corrected chi connectivity index (χ1v) is 9.00. The zero-order valence-corrected chi connectivity index (χ0v) is 15.6. The maximum atomic E-state index is 12.8. The second kappa shape index (κ2) is 8.19. The van der Waals surface area contributed by atoms with Crippen LogP contribution in [0.1, 0.15) is 35.0 Å². The first-order valence-electron chi connectivity index (χ1n) is 8.62. The summed E-state index contributed by atoms with van der Waals surface area (Å²) < 4.78 is 5.40. The molecule has 1 N–H and O–H groups in total. The summed E-state index contributed by atoms with van der Waals surface area (Å²) in [5.74, 6) is 0.208. The van der Waals surface area contributed by atoms with Gasteiger partial charge >= 0.3 is 0 Å². The minimum Gasteiger partial charge on any atom is -0.355 e. The average molecular weight is 369 g/mol. The molecule has 3 rings (SSSR count). The van der Waals surface area contributed by atoms with Crippen LogP contribution in [0.15, 0.2) is 59.1 Å². The maximum absolute atomic E-state index is 12.8. The van der Waals surface area contributed by atoms with Gasteiger partial charge in [-0.1, -0.05) is 59.2 Å². The Balaban J connectivity index is 1.72. The lowest BCUT2D eigenvalue weighted by Crippen LogP contribution is -2.33. The van der Waals surface area contributed by atoms with Crippen molar-refractivity contribution in [3.8, 4) is 11.3 Å². The van der Waals surface area contributed by atoms with Crippen molar-refractivity contribution in [2.24, 2.45) is 0 Å². The fourth-order valence-corrected chi connectivity index (χ4v) is 3.08. The molecule has 5 heteroatoms. The molecule has 134 valence electrons. The predicted molar refractivity (Wildman–Crippen MR) is 103 cm³/mol. The number of halogens is 1. The monoisotopic (exact) mass is 368 g/mol. The molecule has 0 spiro atoms. The van der Waals surface area contributed by atoms with Crippen molar-refractivity contribution in [3.05, 3.63) is 76.4 Å². The number of nitrogens with one attached hydrogen (secondary N) is 1. The lowest BCUT2D eigenvalue weighted by atomic mass is 10.0. The van der Waals surface area contributed by atoms with Gasteiger partial charge in [0, 0.05) is 11.6 Å². The number of benzene rings is 2. The van der Waals surface area contributed by atoms with Crippen LogP contribution in [0.2, 0.25) is 5.02 Å². The van der Waals surface area contributed by atoms with Gasteiger partial charge in [-0.3, -0.25) is 4.79 Å². The minimum absolute atomic E-state index is 0.0242. The van der Waals surface area contributed by atoms with E-state index in [9.17, 15) is 4.79 Å². The van der Waals surface area contributed by atoms with Gasteiger partial charge in [0.05, 0.1) is 10.7 Å². The normalized spacial score (nSPS) is 12.0. The molecule has 3 aromatic rings. The fraction of sp³-hybridized carbons (Fsp3) is 0.238. The molecule has 26 heavy (non-hydrogen) atoms. The van der Waals surface area contributed by atoms with Crippen molar-refractivity contribution in [3.63, 3.8) is 0 Å². The van der Waals surface area contributed by atoms with E-state index in [-0.39, 0.29) is 11.9 Å². The SMILES string of the molecule is Cc1noc(-c2ccccc2Cl)c1C(=O)NC(C)CCc1ccccc1. The van der Waals surface area contributed by atoms with Gasteiger partial charge in [-0.05, 0) is 44.4 Å². The van der Waals surface area contributed by atoms with Crippen molar-refractivity contribution < 1.29 is 9.32 Å². The van der Waals surface area contributed by atoms with Gasteiger partial charge in [0.2, 0.25) is 0 Å². The molecule has 0 saturated carbocycles. The van der Waals surface area contributed by atoms with E-state index in [1.807, 2.05) is 43.3 Å². The molecular weight excluding hydrogens is 348 g/mol. The molecule has 1 heterocycles. The second-order valence-corrected chi connectivity index (χ2v) is 6.76. The van der Waals surface area contributed by atoms with Crippen LogP contribution in [0.5, 0.6) is 0 Å². The molecule has 0 radical (unpaired) electrons. The second-order valence-electron chi connectivity index (χ2n) is 6.35. The highest BCUT2D eigenvalue weighted by Gasteiger charge is 2.24. The van der Waals surface area contributed by atoms with E-state index in [0.717, 1.165) is 12.8 Å². The van der Waals surface area contributed by atoms with Crippen LogP contribution in [0.25, 0.3) is 11.3 Å². The number of amides is 1. The zero-order valence-electron chi connectivity index (χ0n) is 14.8. The van der Waals surface area contributed by atoms with Gasteiger partial charge in [-0.15, -0.1) is 0 Å². The summed E-state index contributed by atoms with van der Waals surface area (Å²) in [6, 6.07) is 17.5. The number of carbonyl (C=O) groups is 1. The lowest BCUT2D eigenvalue weighted by Gasteiger charge is -2.14. The topological polar surface area (TPSA) is 55.1 Å². The standard InChI is InChI=1S/C21H21ClN2O2/c1-14(12-13-16-8-4-3-5-9-16)23-21(25)19-15(2)24-26-20(19)17-10-6-7-11-18(17)22/h3-11,14H,12-13H2,1-2H3,(H,23,25). The molecule has 1 amide bonds. The molecule has 0 bridgehead atoms. The Bertz CT molecular complexity index is 890. The van der Waals surface area contributed by atoms with E-state index in [2.05, 4.69) is 22.6 Å². The van der Waals surface area contributed by atoms with Gasteiger partial charge in [0.1, 0.15) is 5.56 Å². The van der Waals surface area contributed by atoms with Gasteiger partial charge in [0.25, 0.3) is 5.91 Å². The molecular formula is C21H21ClN2O2. The smallest absolute Gasteiger partial charge is 0.257 e. The summed E-state index contributed by atoms with van der Waals surface area (Å²) in [6.07, 6.45) is 1.75. The van der Waals surface area contributed by atoms with Crippen LogP contribution in [0.3, 0.4) is 0 Å². The first-order chi connectivity index (χ1) is 12.6. The zero-order chi connectivity index (χ0) is 18.5. The van der Waals surface area contributed by atoms with Crippen LogP contribution in [-0.4, -0.2) is 17.1 Å². The molecule has 1 atom stereocenters. The Hall–Kier alpha value is -2.59. The molecule has 4 nitrogen and oxygen atoms in total. The third kappa shape index (κ3) is 4.14. The highest BCUT2D eigenvalue weighted by molar-refractivity contribution is 6.33. The summed E-state index contributed by atoms with van der Waals surface area (Å²) in [7, 11) is 0. The van der Waals surface area contributed by atoms with Crippen LogP contribution in [-0.2, 0) is 6.42 Å². The number of nitrogens with zero attached hydrogens (tertiary/aromatic N) is 1. The maximum Gasteiger partial charge on any atom is 0.257 e. The Kier molecular flexibility index (Phi) is 5.74. The van der Waals surface area contributed by atoms with Gasteiger partial charge in [0.15, 0.2) is 5.76 Å². The Morgan fingerprint density at radius 3 is 2.58 bits per heavy atom. The number of hydrogen-bond acceptors (Lipinski definition) is 3. The van der Waals surface area contributed by atoms with E-state index in [1.165, 1.54) is 5.56 Å². The largest absolute Gasteiger partial charge is 0.355 e. The molecule has 0 saturated heterocycles. The van der Waals surface area contributed by atoms with E-state index in [4.69, 9.17) is 16.1 Å². The molecule has 0 aliphatic carbocycles. The first kappa shape index (κ1) is 18.2. The summed E-state index contributed by atoms with van der Waals surface area (Å²) in [4.78, 5) is 12.8. The minimum atomic E-state index is -0.195.